The van der Waals surface area contributed by atoms with Gasteiger partial charge in [-0.1, -0.05) is 53.0 Å². The zero-order valence-electron chi connectivity index (χ0n) is 15.1. The van der Waals surface area contributed by atoms with Crippen LogP contribution in [0, 0.1) is 0 Å². The standard InChI is InChI=1S/C20H16Cl3NO3S2/c21-13-6-4-12(5-7-13)10-24(14-8-9-29(26,27)11-14)20(25)19-18(23)17-15(22)2-1-3-16(17)28-19/h1-7,14H,8-11H2/t14-/m1/s1. The zero-order valence-corrected chi connectivity index (χ0v) is 19.0. The first-order chi connectivity index (χ1) is 13.7. The maximum Gasteiger partial charge on any atom is 0.266 e. The lowest BCUT2D eigenvalue weighted by atomic mass is 10.1. The molecule has 4 rings (SSSR count). The maximum atomic E-state index is 13.5. The average Bonchev–Trinajstić information content (AvgIpc) is 3.21. The Bertz CT molecular complexity index is 1190. The van der Waals surface area contributed by atoms with Gasteiger partial charge in [-0.15, -0.1) is 11.3 Å². The van der Waals surface area contributed by atoms with Crippen LogP contribution in [-0.2, 0) is 16.4 Å². The highest BCUT2D eigenvalue weighted by Crippen LogP contribution is 2.40. The summed E-state index contributed by atoms with van der Waals surface area (Å²) in [4.78, 5) is 15.5. The molecule has 29 heavy (non-hydrogen) atoms. The predicted octanol–water partition coefficient (Wildman–Crippen LogP) is 5.69. The van der Waals surface area contributed by atoms with Crippen LogP contribution in [-0.4, -0.2) is 36.8 Å². The number of carbonyl (C=O) groups excluding carboxylic acids is 1. The lowest BCUT2D eigenvalue weighted by Gasteiger charge is -2.28. The number of rotatable bonds is 4. The van der Waals surface area contributed by atoms with Crippen LogP contribution in [0.3, 0.4) is 0 Å². The molecular formula is C20H16Cl3NO3S2. The van der Waals surface area contributed by atoms with Crippen molar-refractivity contribution in [2.24, 2.45) is 0 Å². The Morgan fingerprint density at radius 2 is 1.83 bits per heavy atom. The molecule has 0 unspecified atom stereocenters. The van der Waals surface area contributed by atoms with Gasteiger partial charge in [0.15, 0.2) is 9.84 Å². The van der Waals surface area contributed by atoms with Crippen molar-refractivity contribution in [2.45, 2.75) is 19.0 Å². The molecule has 0 N–H and O–H groups in total. The van der Waals surface area contributed by atoms with Crippen LogP contribution in [0.4, 0.5) is 0 Å². The topological polar surface area (TPSA) is 54.5 Å². The lowest BCUT2D eigenvalue weighted by molar-refractivity contribution is 0.0686. The lowest BCUT2D eigenvalue weighted by Crippen LogP contribution is -2.40. The first-order valence-electron chi connectivity index (χ1n) is 8.87. The van der Waals surface area contributed by atoms with Crippen molar-refractivity contribution in [2.75, 3.05) is 11.5 Å². The molecular weight excluding hydrogens is 473 g/mol. The van der Waals surface area contributed by atoms with E-state index in [1.54, 1.807) is 29.2 Å². The molecule has 0 spiro atoms. The third-order valence-electron chi connectivity index (χ3n) is 4.98. The quantitative estimate of drug-likeness (QED) is 0.474. The number of sulfone groups is 1. The van der Waals surface area contributed by atoms with E-state index in [9.17, 15) is 13.2 Å². The molecule has 1 atom stereocenters. The molecule has 152 valence electrons. The Hall–Kier alpha value is -1.31. The molecule has 1 amide bonds. The van der Waals surface area contributed by atoms with Crippen LogP contribution in [0.2, 0.25) is 15.1 Å². The number of fused-ring (bicyclic) bond motifs is 1. The Kier molecular flexibility index (Phi) is 5.84. The summed E-state index contributed by atoms with van der Waals surface area (Å²) >= 11 is 20.0. The molecule has 1 fully saturated rings. The summed E-state index contributed by atoms with van der Waals surface area (Å²) in [7, 11) is -3.16. The summed E-state index contributed by atoms with van der Waals surface area (Å²) in [5.41, 5.74) is 0.863. The molecule has 2 aromatic carbocycles. The van der Waals surface area contributed by atoms with Crippen LogP contribution in [0.5, 0.6) is 0 Å². The van der Waals surface area contributed by atoms with Gasteiger partial charge in [-0.2, -0.15) is 0 Å². The molecule has 9 heteroatoms. The average molecular weight is 489 g/mol. The predicted molar refractivity (Wildman–Crippen MR) is 120 cm³/mol. The van der Waals surface area contributed by atoms with E-state index < -0.39 is 15.9 Å². The second-order valence-electron chi connectivity index (χ2n) is 6.97. The first kappa shape index (κ1) is 20.9. The summed E-state index contributed by atoms with van der Waals surface area (Å²) in [6, 6.07) is 12.1. The van der Waals surface area contributed by atoms with Crippen molar-refractivity contribution >= 4 is 72.0 Å². The van der Waals surface area contributed by atoms with Gasteiger partial charge in [-0.05, 0) is 36.2 Å². The van der Waals surface area contributed by atoms with Gasteiger partial charge in [-0.3, -0.25) is 4.79 Å². The third kappa shape index (κ3) is 4.28. The van der Waals surface area contributed by atoms with Crippen LogP contribution in [0.25, 0.3) is 10.1 Å². The SMILES string of the molecule is O=C(c1sc2cccc(Cl)c2c1Cl)N(Cc1ccc(Cl)cc1)[C@@H]1CCS(=O)(=O)C1. The van der Waals surface area contributed by atoms with Crippen LogP contribution in [0.15, 0.2) is 42.5 Å². The second-order valence-corrected chi connectivity index (χ2v) is 11.5. The number of amides is 1. The molecule has 1 saturated heterocycles. The van der Waals surface area contributed by atoms with E-state index >= 15 is 0 Å². The molecule has 1 aliphatic rings. The third-order valence-corrected chi connectivity index (χ3v) is 8.93. The number of hydrogen-bond donors (Lipinski definition) is 0. The van der Waals surface area contributed by atoms with Gasteiger partial charge < -0.3 is 4.90 Å². The van der Waals surface area contributed by atoms with Crippen molar-refractivity contribution in [3.8, 4) is 0 Å². The smallest absolute Gasteiger partial charge is 0.266 e. The van der Waals surface area contributed by atoms with Crippen molar-refractivity contribution < 1.29 is 13.2 Å². The largest absolute Gasteiger partial charge is 0.330 e. The summed E-state index contributed by atoms with van der Waals surface area (Å²) < 4.78 is 24.9. The Labute approximate surface area is 187 Å². The number of nitrogens with zero attached hydrogens (tertiary/aromatic N) is 1. The van der Waals surface area contributed by atoms with E-state index in [0.29, 0.717) is 31.8 Å². The zero-order chi connectivity index (χ0) is 20.8. The molecule has 0 bridgehead atoms. The minimum Gasteiger partial charge on any atom is -0.330 e. The number of hydrogen-bond acceptors (Lipinski definition) is 4. The van der Waals surface area contributed by atoms with E-state index in [-0.39, 0.29) is 24.0 Å². The van der Waals surface area contributed by atoms with Crippen LogP contribution in [0.1, 0.15) is 21.7 Å². The highest BCUT2D eigenvalue weighted by atomic mass is 35.5. The molecule has 4 nitrogen and oxygen atoms in total. The first-order valence-corrected chi connectivity index (χ1v) is 12.6. The minimum absolute atomic E-state index is 0.0460. The number of thiophene rings is 1. The molecule has 0 radical (unpaired) electrons. The Morgan fingerprint density at radius 3 is 2.45 bits per heavy atom. The Morgan fingerprint density at radius 1 is 1.10 bits per heavy atom. The normalized spacial score (nSPS) is 18.2. The van der Waals surface area contributed by atoms with E-state index in [1.165, 1.54) is 11.3 Å². The monoisotopic (exact) mass is 487 g/mol. The Balaban J connectivity index is 1.74. The van der Waals surface area contributed by atoms with Crippen molar-refractivity contribution in [3.63, 3.8) is 0 Å². The van der Waals surface area contributed by atoms with Gasteiger partial charge in [0.2, 0.25) is 0 Å². The fraction of sp³-hybridized carbons (Fsp3) is 0.250. The van der Waals surface area contributed by atoms with E-state index in [4.69, 9.17) is 34.8 Å². The molecule has 0 aliphatic carbocycles. The van der Waals surface area contributed by atoms with Gasteiger partial charge in [0, 0.05) is 27.7 Å². The molecule has 3 aromatic rings. The van der Waals surface area contributed by atoms with Gasteiger partial charge >= 0.3 is 0 Å². The highest BCUT2D eigenvalue weighted by Gasteiger charge is 2.36. The van der Waals surface area contributed by atoms with Crippen LogP contribution >= 0.6 is 46.1 Å². The van der Waals surface area contributed by atoms with Gasteiger partial charge in [0.1, 0.15) is 4.88 Å². The summed E-state index contributed by atoms with van der Waals surface area (Å²) in [6.07, 6.45) is 0.408. The molecule has 2 heterocycles. The highest BCUT2D eigenvalue weighted by molar-refractivity contribution is 7.91. The van der Waals surface area contributed by atoms with Gasteiger partial charge in [0.25, 0.3) is 5.91 Å². The van der Waals surface area contributed by atoms with Crippen molar-refractivity contribution in [3.05, 3.63) is 68.0 Å². The van der Waals surface area contributed by atoms with E-state index in [1.807, 2.05) is 18.2 Å². The van der Waals surface area contributed by atoms with Crippen molar-refractivity contribution in [1.29, 1.82) is 0 Å². The number of benzene rings is 2. The summed E-state index contributed by atoms with van der Waals surface area (Å²) in [6.45, 7) is 0.272. The molecule has 0 saturated carbocycles. The fourth-order valence-electron chi connectivity index (χ4n) is 3.51. The maximum absolute atomic E-state index is 13.5. The second kappa shape index (κ2) is 8.08. The van der Waals surface area contributed by atoms with Crippen LogP contribution < -0.4 is 0 Å². The number of halogens is 3. The van der Waals surface area contributed by atoms with E-state index in [2.05, 4.69) is 0 Å². The van der Waals surface area contributed by atoms with E-state index in [0.717, 1.165) is 10.3 Å². The fourth-order valence-corrected chi connectivity index (χ4v) is 7.28. The summed E-state index contributed by atoms with van der Waals surface area (Å²) in [5.74, 6) is -0.256. The minimum atomic E-state index is -3.16. The van der Waals surface area contributed by atoms with Gasteiger partial charge in [0.05, 0.1) is 21.6 Å². The molecule has 1 aromatic heterocycles. The van der Waals surface area contributed by atoms with Crippen molar-refractivity contribution in [1.82, 2.24) is 4.90 Å². The number of carbonyl (C=O) groups is 1. The molecule has 1 aliphatic heterocycles. The summed E-state index contributed by atoms with van der Waals surface area (Å²) in [5, 5.41) is 2.03. The van der Waals surface area contributed by atoms with Gasteiger partial charge in [-0.25, -0.2) is 8.42 Å².